The maximum absolute atomic E-state index is 12.9. The predicted octanol–water partition coefficient (Wildman–Crippen LogP) is -0.300. The molecule has 10 nitrogen and oxygen atoms in total. The molecule has 2 fully saturated rings. The Morgan fingerprint density at radius 2 is 1.72 bits per heavy atom. The minimum Gasteiger partial charge on any atom is -0.495 e. The third-order valence-corrected chi connectivity index (χ3v) is 8.40. The lowest BCUT2D eigenvalue weighted by molar-refractivity contribution is 0.0695. The van der Waals surface area contributed by atoms with Crippen LogP contribution in [0.5, 0.6) is 5.75 Å². The van der Waals surface area contributed by atoms with Crippen molar-refractivity contribution >= 4 is 26.1 Å². The highest BCUT2D eigenvalue weighted by Gasteiger charge is 2.33. The number of hydrogen-bond donors (Lipinski definition) is 1. The Balaban J connectivity index is 1.77. The fourth-order valence-corrected chi connectivity index (χ4v) is 5.63. The van der Waals surface area contributed by atoms with Crippen LogP contribution < -0.4 is 9.46 Å². The van der Waals surface area contributed by atoms with E-state index in [1.54, 1.807) is 0 Å². The summed E-state index contributed by atoms with van der Waals surface area (Å²) >= 11 is 0. The lowest BCUT2D eigenvalue weighted by Gasteiger charge is -2.35. The van der Waals surface area contributed by atoms with Gasteiger partial charge in [0.1, 0.15) is 10.6 Å². The summed E-state index contributed by atoms with van der Waals surface area (Å²) < 4.78 is 59.9. The van der Waals surface area contributed by atoms with Crippen molar-refractivity contribution in [2.24, 2.45) is 0 Å². The molecule has 1 saturated heterocycles. The molecule has 1 N–H and O–H groups in total. The number of carbonyl (C=O) groups is 1. The topological polar surface area (TPSA) is 116 Å². The second-order valence-electron chi connectivity index (χ2n) is 7.24. The molecule has 2 aliphatic rings. The Morgan fingerprint density at radius 3 is 2.24 bits per heavy atom. The lowest BCUT2D eigenvalue weighted by Crippen LogP contribution is -2.53. The minimum atomic E-state index is -3.80. The second-order valence-corrected chi connectivity index (χ2v) is 11.1. The highest BCUT2D eigenvalue weighted by molar-refractivity contribution is 7.89. The average molecular weight is 447 g/mol. The van der Waals surface area contributed by atoms with Crippen LogP contribution in [0.2, 0.25) is 0 Å². The third kappa shape index (κ3) is 4.72. The first-order valence-electron chi connectivity index (χ1n) is 9.23. The number of rotatable bonds is 7. The quantitative estimate of drug-likeness (QED) is 0.615. The zero-order valence-electron chi connectivity index (χ0n) is 16.7. The molecule has 0 unspecified atom stereocenters. The van der Waals surface area contributed by atoms with Crippen molar-refractivity contribution in [2.45, 2.75) is 23.8 Å². The molecule has 1 aliphatic heterocycles. The van der Waals surface area contributed by atoms with Crippen molar-refractivity contribution in [3.05, 3.63) is 23.8 Å². The van der Waals surface area contributed by atoms with Gasteiger partial charge in [-0.1, -0.05) is 0 Å². The first kappa shape index (κ1) is 22.0. The fraction of sp³-hybridized carbons (Fsp3) is 0.588. The Labute approximate surface area is 171 Å². The van der Waals surface area contributed by atoms with Gasteiger partial charge >= 0.3 is 0 Å². The SMILES string of the molecule is COc1ccc(C(=O)N2CCN(S(=O)(=O)N(C)C)CC2)cc1S(=O)(=O)NC1CC1. The average Bonchev–Trinajstić information content (AvgIpc) is 3.50. The van der Waals surface area contributed by atoms with Gasteiger partial charge < -0.3 is 9.64 Å². The van der Waals surface area contributed by atoms with E-state index in [9.17, 15) is 21.6 Å². The van der Waals surface area contributed by atoms with Crippen LogP contribution in [0.1, 0.15) is 23.2 Å². The Morgan fingerprint density at radius 1 is 1.10 bits per heavy atom. The molecular weight excluding hydrogens is 420 g/mol. The van der Waals surface area contributed by atoms with Gasteiger partial charge in [0.2, 0.25) is 10.0 Å². The van der Waals surface area contributed by atoms with Crippen molar-refractivity contribution in [2.75, 3.05) is 47.4 Å². The number of amides is 1. The van der Waals surface area contributed by atoms with E-state index in [1.165, 1.54) is 48.6 Å². The number of nitrogens with one attached hydrogen (secondary N) is 1. The Bertz CT molecular complexity index is 981. The van der Waals surface area contributed by atoms with Gasteiger partial charge in [-0.05, 0) is 31.0 Å². The first-order valence-corrected chi connectivity index (χ1v) is 12.1. The monoisotopic (exact) mass is 446 g/mol. The van der Waals surface area contributed by atoms with Gasteiger partial charge in [0.25, 0.3) is 16.1 Å². The molecule has 29 heavy (non-hydrogen) atoms. The van der Waals surface area contributed by atoms with Crippen LogP contribution in [0, 0.1) is 0 Å². The van der Waals surface area contributed by atoms with E-state index in [0.717, 1.165) is 17.1 Å². The van der Waals surface area contributed by atoms with E-state index >= 15 is 0 Å². The molecule has 1 saturated carbocycles. The molecule has 1 aliphatic carbocycles. The minimum absolute atomic E-state index is 0.0733. The van der Waals surface area contributed by atoms with E-state index in [1.807, 2.05) is 0 Å². The van der Waals surface area contributed by atoms with E-state index in [4.69, 9.17) is 4.74 Å². The summed E-state index contributed by atoms with van der Waals surface area (Å²) in [7, 11) is -3.04. The number of sulfonamides is 1. The molecule has 0 radical (unpaired) electrons. The molecule has 0 bridgehead atoms. The molecule has 1 aromatic carbocycles. The zero-order chi connectivity index (χ0) is 21.4. The molecule has 162 valence electrons. The largest absolute Gasteiger partial charge is 0.495 e. The van der Waals surface area contributed by atoms with Crippen LogP contribution >= 0.6 is 0 Å². The Hall–Kier alpha value is -1.73. The number of carbonyl (C=O) groups excluding carboxylic acids is 1. The highest BCUT2D eigenvalue weighted by Crippen LogP contribution is 2.29. The number of nitrogens with zero attached hydrogens (tertiary/aromatic N) is 3. The van der Waals surface area contributed by atoms with Gasteiger partial charge in [0.15, 0.2) is 0 Å². The second kappa shape index (κ2) is 8.19. The smallest absolute Gasteiger partial charge is 0.281 e. The summed E-state index contributed by atoms with van der Waals surface area (Å²) in [4.78, 5) is 14.3. The van der Waals surface area contributed by atoms with Crippen molar-refractivity contribution in [3.8, 4) is 5.75 Å². The highest BCUT2D eigenvalue weighted by atomic mass is 32.2. The van der Waals surface area contributed by atoms with Crippen molar-refractivity contribution in [3.63, 3.8) is 0 Å². The summed E-state index contributed by atoms with van der Waals surface area (Å²) in [6.45, 7) is 0.800. The van der Waals surface area contributed by atoms with Crippen molar-refractivity contribution in [1.29, 1.82) is 0 Å². The number of benzene rings is 1. The van der Waals surface area contributed by atoms with Crippen LogP contribution in [0.15, 0.2) is 23.1 Å². The number of piperazine rings is 1. The van der Waals surface area contributed by atoms with Crippen molar-refractivity contribution in [1.82, 2.24) is 18.2 Å². The van der Waals surface area contributed by atoms with Gasteiger partial charge in [-0.2, -0.15) is 17.0 Å². The zero-order valence-corrected chi connectivity index (χ0v) is 18.3. The molecule has 12 heteroatoms. The number of methoxy groups -OCH3 is 1. The normalized spacial score (nSPS) is 18.8. The standard InChI is InChI=1S/C17H26N4O6S2/c1-19(2)29(25,26)21-10-8-20(9-11-21)17(22)13-4-7-15(27-3)16(12-13)28(23,24)18-14-5-6-14/h4,7,12,14,18H,5-6,8-11H2,1-3H3. The molecule has 1 heterocycles. The molecule has 1 aromatic rings. The van der Waals surface area contributed by atoms with E-state index in [0.29, 0.717) is 0 Å². The van der Waals surface area contributed by atoms with Gasteiger partial charge in [-0.25, -0.2) is 13.1 Å². The fourth-order valence-electron chi connectivity index (χ4n) is 3.04. The lowest BCUT2D eigenvalue weighted by atomic mass is 10.1. The van der Waals surface area contributed by atoms with Gasteiger partial charge in [-0.15, -0.1) is 0 Å². The van der Waals surface area contributed by atoms with Crippen molar-refractivity contribution < 1.29 is 26.4 Å². The first-order chi connectivity index (χ1) is 13.6. The van der Waals surface area contributed by atoms with Crippen LogP contribution in [0.25, 0.3) is 0 Å². The van der Waals surface area contributed by atoms with Gasteiger partial charge in [-0.3, -0.25) is 4.79 Å². The van der Waals surface area contributed by atoms with E-state index < -0.39 is 20.2 Å². The summed E-state index contributed by atoms with van der Waals surface area (Å²) in [5.74, 6) is -0.186. The molecule has 0 aromatic heterocycles. The van der Waals surface area contributed by atoms with E-state index in [-0.39, 0.29) is 54.3 Å². The molecule has 3 rings (SSSR count). The van der Waals surface area contributed by atoms with Crippen LogP contribution in [0.3, 0.4) is 0 Å². The van der Waals surface area contributed by atoms with E-state index in [2.05, 4.69) is 4.72 Å². The molecule has 0 spiro atoms. The Kier molecular flexibility index (Phi) is 6.20. The molecule has 1 amide bonds. The summed E-state index contributed by atoms with van der Waals surface area (Å²) in [5.41, 5.74) is 0.214. The summed E-state index contributed by atoms with van der Waals surface area (Å²) in [5, 5.41) is 0. The van der Waals surface area contributed by atoms with Crippen LogP contribution in [-0.4, -0.2) is 89.7 Å². The maximum atomic E-state index is 12.9. The summed E-state index contributed by atoms with van der Waals surface area (Å²) in [6, 6.07) is 4.21. The number of hydrogen-bond acceptors (Lipinski definition) is 6. The number of ether oxygens (including phenoxy) is 1. The predicted molar refractivity (Wildman–Crippen MR) is 106 cm³/mol. The third-order valence-electron chi connectivity index (χ3n) is 4.91. The molecular formula is C17H26N4O6S2. The van der Waals surface area contributed by atoms with Gasteiger partial charge in [0, 0.05) is 51.9 Å². The van der Waals surface area contributed by atoms with Crippen LogP contribution in [-0.2, 0) is 20.2 Å². The molecule has 0 atom stereocenters. The van der Waals surface area contributed by atoms with Crippen LogP contribution in [0.4, 0.5) is 0 Å². The summed E-state index contributed by atoms with van der Waals surface area (Å²) in [6.07, 6.45) is 1.58. The van der Waals surface area contributed by atoms with Gasteiger partial charge in [0.05, 0.1) is 7.11 Å². The maximum Gasteiger partial charge on any atom is 0.281 e.